The smallest absolute Gasteiger partial charge is 0.156 e. The van der Waals surface area contributed by atoms with Gasteiger partial charge in [0.2, 0.25) is 0 Å². The van der Waals surface area contributed by atoms with E-state index in [9.17, 15) is 4.79 Å². The summed E-state index contributed by atoms with van der Waals surface area (Å²) in [7, 11) is 0. The highest BCUT2D eigenvalue weighted by atomic mass is 35.5. The SMILES string of the molecule is Cc1nc(Cl)c(C=O)c(N2CC=CCC2)n1. The zero-order valence-electron chi connectivity index (χ0n) is 8.98. The first kappa shape index (κ1) is 11.1. The number of hydrogen-bond acceptors (Lipinski definition) is 4. The van der Waals surface area contributed by atoms with E-state index < -0.39 is 0 Å². The first-order valence-electron chi connectivity index (χ1n) is 5.11. The molecule has 1 aliphatic heterocycles. The Kier molecular flexibility index (Phi) is 3.19. The molecule has 0 amide bonds. The van der Waals surface area contributed by atoms with Gasteiger partial charge in [0.05, 0.1) is 5.56 Å². The normalized spacial score (nSPS) is 15.2. The lowest BCUT2D eigenvalue weighted by atomic mass is 10.2. The third kappa shape index (κ3) is 2.07. The summed E-state index contributed by atoms with van der Waals surface area (Å²) in [6.45, 7) is 3.38. The summed E-state index contributed by atoms with van der Waals surface area (Å²) in [6, 6.07) is 0. The molecule has 0 saturated heterocycles. The van der Waals surface area contributed by atoms with Crippen molar-refractivity contribution in [3.05, 3.63) is 28.7 Å². The number of aldehydes is 1. The Labute approximate surface area is 99.0 Å². The van der Waals surface area contributed by atoms with Crippen LogP contribution in [0.5, 0.6) is 0 Å². The van der Waals surface area contributed by atoms with Crippen molar-refractivity contribution < 1.29 is 4.79 Å². The topological polar surface area (TPSA) is 46.1 Å². The van der Waals surface area contributed by atoms with Crippen LogP contribution in [0.25, 0.3) is 0 Å². The molecule has 16 heavy (non-hydrogen) atoms. The van der Waals surface area contributed by atoms with Crippen molar-refractivity contribution in [3.63, 3.8) is 0 Å². The van der Waals surface area contributed by atoms with E-state index in [2.05, 4.69) is 22.1 Å². The van der Waals surface area contributed by atoms with Gasteiger partial charge in [-0.2, -0.15) is 0 Å². The van der Waals surface area contributed by atoms with Gasteiger partial charge >= 0.3 is 0 Å². The molecular weight excluding hydrogens is 226 g/mol. The fourth-order valence-corrected chi connectivity index (χ4v) is 1.96. The quantitative estimate of drug-likeness (QED) is 0.449. The molecule has 1 aromatic heterocycles. The fraction of sp³-hybridized carbons (Fsp3) is 0.364. The van der Waals surface area contributed by atoms with Gasteiger partial charge < -0.3 is 4.90 Å². The van der Waals surface area contributed by atoms with Gasteiger partial charge in [-0.1, -0.05) is 23.8 Å². The van der Waals surface area contributed by atoms with Crippen LogP contribution in [0.15, 0.2) is 12.2 Å². The van der Waals surface area contributed by atoms with Gasteiger partial charge in [0.15, 0.2) is 6.29 Å². The van der Waals surface area contributed by atoms with Crippen molar-refractivity contribution in [1.29, 1.82) is 0 Å². The maximum atomic E-state index is 11.0. The number of nitrogens with zero attached hydrogens (tertiary/aromatic N) is 3. The molecule has 0 bridgehead atoms. The molecular formula is C11H12ClN3O. The lowest BCUT2D eigenvalue weighted by molar-refractivity contribution is 0.112. The summed E-state index contributed by atoms with van der Waals surface area (Å²) in [5.41, 5.74) is 0.377. The van der Waals surface area contributed by atoms with Crippen LogP contribution in [0.2, 0.25) is 5.15 Å². The minimum absolute atomic E-state index is 0.229. The number of halogens is 1. The molecule has 0 aromatic carbocycles. The van der Waals surface area contributed by atoms with Gasteiger partial charge in [0.1, 0.15) is 16.8 Å². The average Bonchev–Trinajstić information content (AvgIpc) is 2.29. The molecule has 1 aliphatic rings. The molecule has 0 spiro atoms. The largest absolute Gasteiger partial charge is 0.352 e. The molecule has 4 nitrogen and oxygen atoms in total. The van der Waals surface area contributed by atoms with Crippen LogP contribution < -0.4 is 4.90 Å². The van der Waals surface area contributed by atoms with Gasteiger partial charge in [-0.3, -0.25) is 4.79 Å². The Hall–Kier alpha value is -1.42. The van der Waals surface area contributed by atoms with Crippen LogP contribution in [0.3, 0.4) is 0 Å². The third-order valence-corrected chi connectivity index (χ3v) is 2.75. The number of aromatic nitrogens is 2. The number of carbonyl (C=O) groups is 1. The van der Waals surface area contributed by atoms with E-state index in [1.807, 2.05) is 4.90 Å². The summed E-state index contributed by atoms with van der Waals surface area (Å²) < 4.78 is 0. The third-order valence-electron chi connectivity index (χ3n) is 2.47. The van der Waals surface area contributed by atoms with E-state index in [1.165, 1.54) is 0 Å². The van der Waals surface area contributed by atoms with E-state index in [0.717, 1.165) is 25.8 Å². The van der Waals surface area contributed by atoms with Gasteiger partial charge in [0, 0.05) is 13.1 Å². The molecule has 1 aromatic rings. The van der Waals surface area contributed by atoms with Crippen molar-refractivity contribution in [2.45, 2.75) is 13.3 Å². The number of carbonyl (C=O) groups excluding carboxylic acids is 1. The predicted octanol–water partition coefficient (Wildman–Crippen LogP) is 2.02. The Bertz CT molecular complexity index is 445. The van der Waals surface area contributed by atoms with Crippen LogP contribution in [-0.4, -0.2) is 29.3 Å². The Balaban J connectivity index is 2.45. The molecule has 0 aliphatic carbocycles. The van der Waals surface area contributed by atoms with E-state index in [4.69, 9.17) is 11.6 Å². The predicted molar refractivity (Wildman–Crippen MR) is 63.1 cm³/mol. The molecule has 0 radical (unpaired) electrons. The van der Waals surface area contributed by atoms with Crippen LogP contribution in [0.4, 0.5) is 5.82 Å². The Morgan fingerprint density at radius 2 is 2.25 bits per heavy atom. The van der Waals surface area contributed by atoms with Crippen LogP contribution in [0, 0.1) is 6.92 Å². The fourth-order valence-electron chi connectivity index (χ4n) is 1.71. The first-order chi connectivity index (χ1) is 7.72. The van der Waals surface area contributed by atoms with Crippen molar-refractivity contribution in [1.82, 2.24) is 9.97 Å². The van der Waals surface area contributed by atoms with E-state index in [1.54, 1.807) is 6.92 Å². The monoisotopic (exact) mass is 237 g/mol. The second-order valence-electron chi connectivity index (χ2n) is 3.62. The van der Waals surface area contributed by atoms with Crippen LogP contribution in [0.1, 0.15) is 22.6 Å². The minimum Gasteiger partial charge on any atom is -0.352 e. The lowest BCUT2D eigenvalue weighted by Gasteiger charge is -2.25. The highest BCUT2D eigenvalue weighted by Gasteiger charge is 2.17. The van der Waals surface area contributed by atoms with Gasteiger partial charge in [-0.15, -0.1) is 0 Å². The molecule has 5 heteroatoms. The van der Waals surface area contributed by atoms with E-state index >= 15 is 0 Å². The molecule has 0 atom stereocenters. The summed E-state index contributed by atoms with van der Waals surface area (Å²) in [4.78, 5) is 21.3. The minimum atomic E-state index is 0.229. The molecule has 2 heterocycles. The van der Waals surface area contributed by atoms with Crippen LogP contribution in [-0.2, 0) is 0 Å². The zero-order chi connectivity index (χ0) is 11.5. The number of aryl methyl sites for hydroxylation is 1. The van der Waals surface area contributed by atoms with Gasteiger partial charge in [-0.05, 0) is 13.3 Å². The number of rotatable bonds is 2. The number of anilines is 1. The molecule has 0 fully saturated rings. The van der Waals surface area contributed by atoms with Crippen molar-refractivity contribution in [3.8, 4) is 0 Å². The Morgan fingerprint density at radius 1 is 1.44 bits per heavy atom. The Morgan fingerprint density at radius 3 is 2.88 bits per heavy atom. The van der Waals surface area contributed by atoms with E-state index in [-0.39, 0.29) is 5.15 Å². The standard InChI is InChI=1S/C11H12ClN3O/c1-8-13-10(12)9(7-16)11(14-8)15-5-3-2-4-6-15/h2-3,7H,4-6H2,1H3. The number of hydrogen-bond donors (Lipinski definition) is 0. The molecule has 2 rings (SSSR count). The van der Waals surface area contributed by atoms with Gasteiger partial charge in [0.25, 0.3) is 0 Å². The second kappa shape index (κ2) is 4.61. The zero-order valence-corrected chi connectivity index (χ0v) is 9.74. The van der Waals surface area contributed by atoms with Crippen LogP contribution >= 0.6 is 11.6 Å². The highest BCUT2D eigenvalue weighted by Crippen LogP contribution is 2.23. The highest BCUT2D eigenvalue weighted by molar-refractivity contribution is 6.32. The molecule has 0 unspecified atom stereocenters. The van der Waals surface area contributed by atoms with Gasteiger partial charge in [-0.25, -0.2) is 9.97 Å². The summed E-state index contributed by atoms with van der Waals surface area (Å²) >= 11 is 5.93. The summed E-state index contributed by atoms with van der Waals surface area (Å²) in [6.07, 6.45) is 5.85. The summed E-state index contributed by atoms with van der Waals surface area (Å²) in [5.74, 6) is 1.22. The van der Waals surface area contributed by atoms with Crippen molar-refractivity contribution in [2.24, 2.45) is 0 Å². The molecule has 0 N–H and O–H groups in total. The lowest BCUT2D eigenvalue weighted by Crippen LogP contribution is -2.29. The van der Waals surface area contributed by atoms with Crippen molar-refractivity contribution >= 4 is 23.7 Å². The molecule has 0 saturated carbocycles. The maximum absolute atomic E-state index is 11.0. The maximum Gasteiger partial charge on any atom is 0.156 e. The van der Waals surface area contributed by atoms with E-state index in [0.29, 0.717) is 17.2 Å². The summed E-state index contributed by atoms with van der Waals surface area (Å²) in [5, 5.41) is 0.229. The molecule has 84 valence electrons. The van der Waals surface area contributed by atoms with Crippen molar-refractivity contribution in [2.75, 3.05) is 18.0 Å². The second-order valence-corrected chi connectivity index (χ2v) is 3.98. The average molecular weight is 238 g/mol. The first-order valence-corrected chi connectivity index (χ1v) is 5.49.